The number of rotatable bonds is 10. The molecule has 0 spiro atoms. The minimum absolute atomic E-state index is 0.0891. The highest BCUT2D eigenvalue weighted by Gasteiger charge is 2.32. The van der Waals surface area contributed by atoms with Crippen molar-refractivity contribution in [3.63, 3.8) is 0 Å². The highest BCUT2D eigenvalue weighted by atomic mass is 16.6. The molecular weight excluding hydrogens is 1560 g/mol. The Bertz CT molecular complexity index is 8180. The average molecular weight is 1650 g/mol. The van der Waals surface area contributed by atoms with Gasteiger partial charge in [0.2, 0.25) is 0 Å². The second kappa shape index (κ2) is 31.3. The lowest BCUT2D eigenvalue weighted by Gasteiger charge is -2.18. The van der Waals surface area contributed by atoms with Gasteiger partial charge in [0.15, 0.2) is 5.75 Å². The monoisotopic (exact) mass is 1640 g/mol. The molecule has 0 fully saturated rings. The maximum Gasteiger partial charge on any atom is 0.315 e. The van der Waals surface area contributed by atoms with E-state index in [2.05, 4.69) is 282 Å². The number of fused-ring (bicyclic) bond motifs is 20. The van der Waals surface area contributed by atoms with Crippen molar-refractivity contribution in [2.75, 3.05) is 27.1 Å². The minimum Gasteiger partial charge on any atom is -0.506 e. The number of methoxy groups -OCH3 is 3. The summed E-state index contributed by atoms with van der Waals surface area (Å²) in [6.07, 6.45) is 5.11. The van der Waals surface area contributed by atoms with Gasteiger partial charge >= 0.3 is 5.69 Å². The van der Waals surface area contributed by atoms with E-state index < -0.39 is 0 Å². The highest BCUT2D eigenvalue weighted by molar-refractivity contribution is 6.26. The van der Waals surface area contributed by atoms with Crippen LogP contribution in [0.3, 0.4) is 0 Å². The van der Waals surface area contributed by atoms with Crippen molar-refractivity contribution in [2.24, 2.45) is 0 Å². The Morgan fingerprint density at radius 1 is 0.341 bits per heavy atom. The zero-order valence-corrected chi connectivity index (χ0v) is 71.1. The van der Waals surface area contributed by atoms with Crippen LogP contribution in [-0.4, -0.2) is 68.9 Å². The van der Waals surface area contributed by atoms with Crippen LogP contribution in [0.15, 0.2) is 297 Å². The number of phenols is 1. The molecule has 0 atom stereocenters. The first kappa shape index (κ1) is 77.6. The van der Waals surface area contributed by atoms with E-state index in [0.29, 0.717) is 17.7 Å². The highest BCUT2D eigenvalue weighted by Crippen LogP contribution is 2.50. The van der Waals surface area contributed by atoms with Gasteiger partial charge < -0.3 is 25.1 Å². The number of nitrogens with two attached hydrogens (primary N) is 1. The van der Waals surface area contributed by atoms with Gasteiger partial charge in [-0.25, -0.2) is 19.9 Å². The molecule has 126 heavy (non-hydrogen) atoms. The third-order valence-corrected chi connectivity index (χ3v) is 25.7. The number of anilines is 1. The number of nitro groups is 1. The number of hydrogen-bond acceptors (Lipinski definition) is 11. The number of aryl methyl sites for hydroxylation is 5. The normalized spacial score (nSPS) is 12.0. The van der Waals surface area contributed by atoms with Crippen LogP contribution < -0.4 is 19.9 Å². The van der Waals surface area contributed by atoms with E-state index >= 15 is 0 Å². The number of nitrogen functional groups attached to an aromatic ring is 1. The third kappa shape index (κ3) is 12.2. The molecule has 24 aromatic rings. The lowest BCUT2D eigenvalue weighted by atomic mass is 9.85. The van der Waals surface area contributed by atoms with Crippen molar-refractivity contribution in [2.45, 2.75) is 73.1 Å². The summed E-state index contributed by atoms with van der Waals surface area (Å²) in [6.45, 7) is 10.7. The first-order valence-electron chi connectivity index (χ1n) is 43.1. The average Bonchev–Trinajstić information content (AvgIpc) is 1.52. The fourth-order valence-corrected chi connectivity index (χ4v) is 20.1. The van der Waals surface area contributed by atoms with Gasteiger partial charge in [0.25, 0.3) is 0 Å². The molecule has 26 rings (SSSR count). The molecule has 0 unspecified atom stereocenters. The number of phenolic OH excluding ortho intramolecular Hbond substituents is 1. The number of nitrogens with zero attached hydrogens (tertiary/aromatic N) is 9. The predicted molar refractivity (Wildman–Crippen MR) is 515 cm³/mol. The SMILES string of the molecule is CCc1nc2c(-c3c4ccccc4c(-c4ccccc4)c4ccccc34)ccc3c4ccccc4n1c23.CCc1nc2c(C)ccc3c4ccccc4n1c23.CCc1nc2c(O)ccc3c4ccccc4n1c23.CCc1nc2c(OC)ccc3c4ccccc4n1c23.COc1ccc2c(c1N)Cc1ccccc1-2.COc1ccc2c(c1[N+](=O)[O-])Cc1ccccc1-2. The number of aromatic nitrogens is 8. The Morgan fingerprint density at radius 2 is 0.690 bits per heavy atom. The van der Waals surface area contributed by atoms with Gasteiger partial charge in [-0.3, -0.25) is 27.7 Å². The van der Waals surface area contributed by atoms with Gasteiger partial charge in [-0.15, -0.1) is 0 Å². The van der Waals surface area contributed by atoms with Crippen LogP contribution in [0.4, 0.5) is 11.4 Å². The summed E-state index contributed by atoms with van der Waals surface area (Å²) in [6, 6.07) is 103. The number of benzene rings is 16. The van der Waals surface area contributed by atoms with Crippen LogP contribution in [0.5, 0.6) is 23.0 Å². The quantitative estimate of drug-likeness (QED) is 0.0574. The van der Waals surface area contributed by atoms with E-state index in [-0.39, 0.29) is 16.4 Å². The fourth-order valence-electron chi connectivity index (χ4n) is 20.1. The number of imidazole rings is 4. The van der Waals surface area contributed by atoms with E-state index in [9.17, 15) is 15.2 Å². The second-order valence-electron chi connectivity index (χ2n) is 32.2. The summed E-state index contributed by atoms with van der Waals surface area (Å²) in [5.41, 5.74) is 35.8. The smallest absolute Gasteiger partial charge is 0.315 e. The Hall–Kier alpha value is -15.7. The molecule has 2 aliphatic carbocycles. The molecule has 614 valence electrons. The summed E-state index contributed by atoms with van der Waals surface area (Å²) < 4.78 is 24.9. The largest absolute Gasteiger partial charge is 0.506 e. The van der Waals surface area contributed by atoms with Crippen molar-refractivity contribution in [3.05, 3.63) is 358 Å². The van der Waals surface area contributed by atoms with Crippen LogP contribution in [0.1, 0.15) is 78.8 Å². The van der Waals surface area contributed by atoms with Crippen molar-refractivity contribution in [3.8, 4) is 67.5 Å². The Balaban J connectivity index is 0.0000000954. The minimum atomic E-state index is -0.358. The van der Waals surface area contributed by atoms with Gasteiger partial charge in [-0.1, -0.05) is 258 Å². The maximum absolute atomic E-state index is 11.2. The van der Waals surface area contributed by atoms with E-state index in [1.165, 1.54) is 150 Å². The fraction of sp³-hybridized carbons (Fsp3) is 0.127. The molecule has 16 heteroatoms. The van der Waals surface area contributed by atoms with Gasteiger partial charge in [-0.2, -0.15) is 0 Å². The molecule has 8 heterocycles. The summed E-state index contributed by atoms with van der Waals surface area (Å²) in [7, 11) is 4.81. The molecule has 0 saturated heterocycles. The van der Waals surface area contributed by atoms with Gasteiger partial charge in [-0.05, 0) is 156 Å². The molecule has 0 radical (unpaired) electrons. The zero-order valence-electron chi connectivity index (χ0n) is 71.1. The lowest BCUT2D eigenvalue weighted by molar-refractivity contribution is -0.386. The lowest BCUT2D eigenvalue weighted by Crippen LogP contribution is -1.98. The summed E-state index contributed by atoms with van der Waals surface area (Å²) in [5, 5.41) is 36.4. The van der Waals surface area contributed by atoms with E-state index in [0.717, 1.165) is 128 Å². The Labute approximate surface area is 725 Å². The Kier molecular flexibility index (Phi) is 19.3. The number of para-hydroxylation sites is 4. The Morgan fingerprint density at radius 3 is 1.17 bits per heavy atom. The number of ether oxygens (including phenoxy) is 3. The second-order valence-corrected chi connectivity index (χ2v) is 32.2. The third-order valence-electron chi connectivity index (χ3n) is 25.7. The molecule has 0 bridgehead atoms. The number of nitro benzene ring substituents is 1. The van der Waals surface area contributed by atoms with Gasteiger partial charge in [0, 0.05) is 92.7 Å². The van der Waals surface area contributed by atoms with Crippen LogP contribution >= 0.6 is 0 Å². The summed E-state index contributed by atoms with van der Waals surface area (Å²) >= 11 is 0. The summed E-state index contributed by atoms with van der Waals surface area (Å²) in [5.74, 6) is 6.56. The topological polar surface area (TPSA) is 186 Å². The predicted octanol–water partition coefficient (Wildman–Crippen LogP) is 26.2. The number of aromatic hydroxyl groups is 1. The van der Waals surface area contributed by atoms with Crippen LogP contribution in [-0.2, 0) is 38.5 Å². The molecule has 16 nitrogen and oxygen atoms in total. The van der Waals surface area contributed by atoms with Crippen LogP contribution in [0.25, 0.3) is 175 Å². The van der Waals surface area contributed by atoms with Crippen LogP contribution in [0, 0.1) is 17.0 Å². The van der Waals surface area contributed by atoms with Crippen LogP contribution in [0.2, 0.25) is 0 Å². The molecule has 8 aromatic heterocycles. The molecule has 0 amide bonds. The van der Waals surface area contributed by atoms with Gasteiger partial charge in [0.05, 0.1) is 87.1 Å². The first-order chi connectivity index (χ1) is 61.8. The van der Waals surface area contributed by atoms with E-state index in [1.54, 1.807) is 26.4 Å². The molecule has 3 N–H and O–H groups in total. The van der Waals surface area contributed by atoms with E-state index in [4.69, 9.17) is 34.9 Å². The van der Waals surface area contributed by atoms with Crippen molar-refractivity contribution >= 4 is 142 Å². The first-order valence-corrected chi connectivity index (χ1v) is 43.1. The van der Waals surface area contributed by atoms with Crippen molar-refractivity contribution < 1.29 is 24.2 Å². The zero-order chi connectivity index (χ0) is 85.9. The molecular formula is C110H88N10O6. The van der Waals surface area contributed by atoms with E-state index in [1.807, 2.05) is 60.7 Å². The van der Waals surface area contributed by atoms with Crippen molar-refractivity contribution in [1.29, 1.82) is 0 Å². The van der Waals surface area contributed by atoms with Crippen molar-refractivity contribution in [1.82, 2.24) is 37.5 Å². The molecule has 0 aliphatic heterocycles. The molecule has 0 saturated carbocycles. The molecule has 2 aliphatic rings. The van der Waals surface area contributed by atoms with Gasteiger partial charge in [0.1, 0.15) is 51.6 Å². The molecule has 16 aromatic carbocycles. The maximum atomic E-state index is 11.2. The number of hydrogen-bond donors (Lipinski definition) is 2. The standard InChI is InChI=1S/C35H24N2.C16H14N2O.C16H14N2.C15H12N2O.C14H11NO3.C14H13NO/c1-2-31-36-34-29(21-20-28-23-14-10-11-19-30(23)37(31)35(28)34)33-26-17-8-6-15-24(26)32(22-12-4-3-5-13-22)25-16-7-9-18-27(25)33;1-3-14-17-15-13(19-2)9-8-11-10-6-4-5-7-12(10)18(14)16(11)15;1-3-14-17-15-10(2)8-9-12-11-6-4-5-7-13(11)18(14)16(12)15;1-2-13-16-14-12(18)8-7-10-9-5-3-4-6-11(9)17(13)15(10)14;1-18-13-7-6-11-10-5-3-2-4-9(10)8-12(11)14(13)15(16)17;1-16-13-7-6-11-10-5-3-2-4-9(10)8-12(11)14(13)15/h3-21H,2H2,1H3;4-9H,3H2,1-2H3;4-9H,3H2,1-2H3;3-8,18H,2H2,1H3;2-7H,8H2,1H3;2-7H,8,15H2,1H3. The summed E-state index contributed by atoms with van der Waals surface area (Å²) in [4.78, 5) is 30.2.